The fourth-order valence-electron chi connectivity index (χ4n) is 3.08. The number of rotatable bonds is 3. The van der Waals surface area contributed by atoms with Crippen LogP contribution >= 0.6 is 0 Å². The van der Waals surface area contributed by atoms with E-state index in [-0.39, 0.29) is 12.0 Å². The van der Waals surface area contributed by atoms with Crippen LogP contribution in [0.3, 0.4) is 0 Å². The van der Waals surface area contributed by atoms with Crippen molar-refractivity contribution in [3.8, 4) is 5.69 Å². The minimum Gasteiger partial charge on any atom is -0.352 e. The van der Waals surface area contributed by atoms with Crippen LogP contribution in [0, 0.1) is 12.7 Å². The Labute approximate surface area is 140 Å². The van der Waals surface area contributed by atoms with Crippen LogP contribution in [-0.2, 0) is 4.74 Å². The molecule has 1 saturated heterocycles. The Balaban J connectivity index is 1.61. The largest absolute Gasteiger partial charge is 0.352 e. The van der Waals surface area contributed by atoms with Crippen LogP contribution in [0.25, 0.3) is 5.69 Å². The molecule has 3 aromatic rings. The number of benzene rings is 2. The van der Waals surface area contributed by atoms with Crippen molar-refractivity contribution in [2.75, 3.05) is 18.1 Å². The van der Waals surface area contributed by atoms with Gasteiger partial charge in [-0.2, -0.15) is 0 Å². The Hall–Kier alpha value is -2.59. The molecule has 0 radical (unpaired) electrons. The first-order chi connectivity index (χ1) is 11.7. The van der Waals surface area contributed by atoms with Crippen LogP contribution < -0.4 is 4.90 Å². The van der Waals surface area contributed by atoms with E-state index in [2.05, 4.69) is 42.2 Å². The van der Waals surface area contributed by atoms with E-state index in [9.17, 15) is 4.39 Å². The number of ether oxygens (including phenoxy) is 1. The van der Waals surface area contributed by atoms with Gasteiger partial charge in [0.2, 0.25) is 0 Å². The van der Waals surface area contributed by atoms with Crippen LogP contribution in [0.4, 0.5) is 10.1 Å². The molecule has 1 fully saturated rings. The third kappa shape index (κ3) is 2.81. The maximum Gasteiger partial charge on any atom is 0.158 e. The number of hydrogen-bond acceptors (Lipinski definition) is 2. The zero-order valence-corrected chi connectivity index (χ0v) is 13.5. The molecule has 1 atom stereocenters. The van der Waals surface area contributed by atoms with Gasteiger partial charge in [-0.15, -0.1) is 0 Å². The normalized spacial score (nSPS) is 17.4. The molecule has 1 aliphatic heterocycles. The topological polar surface area (TPSA) is 17.4 Å². The average molecular weight is 322 g/mol. The highest BCUT2D eigenvalue weighted by Crippen LogP contribution is 2.32. The molecule has 0 aliphatic carbocycles. The number of halogens is 1. The second-order valence-corrected chi connectivity index (χ2v) is 6.08. The lowest BCUT2D eigenvalue weighted by molar-refractivity contribution is 0.114. The van der Waals surface area contributed by atoms with Crippen molar-refractivity contribution in [2.24, 2.45) is 0 Å². The van der Waals surface area contributed by atoms with E-state index in [1.165, 1.54) is 17.7 Å². The first-order valence-electron chi connectivity index (χ1n) is 8.09. The number of anilines is 1. The lowest BCUT2D eigenvalue weighted by Gasteiger charge is -2.24. The fraction of sp³-hybridized carbons (Fsp3) is 0.200. The summed E-state index contributed by atoms with van der Waals surface area (Å²) in [4.78, 5) is 2.27. The highest BCUT2D eigenvalue weighted by atomic mass is 19.1. The van der Waals surface area contributed by atoms with E-state index in [1.54, 1.807) is 12.1 Å². The lowest BCUT2D eigenvalue weighted by Crippen LogP contribution is -2.22. The van der Waals surface area contributed by atoms with Crippen molar-refractivity contribution in [3.63, 3.8) is 0 Å². The Bertz CT molecular complexity index is 824. The van der Waals surface area contributed by atoms with Gasteiger partial charge in [-0.05, 0) is 49.4 Å². The highest BCUT2D eigenvalue weighted by molar-refractivity contribution is 5.50. The molecule has 0 amide bonds. The van der Waals surface area contributed by atoms with E-state index in [1.807, 2.05) is 17.0 Å². The maximum absolute atomic E-state index is 13.1. The van der Waals surface area contributed by atoms with E-state index in [4.69, 9.17) is 4.74 Å². The van der Waals surface area contributed by atoms with Gasteiger partial charge in [0.25, 0.3) is 0 Å². The van der Waals surface area contributed by atoms with Crippen LogP contribution in [0.2, 0.25) is 0 Å². The van der Waals surface area contributed by atoms with E-state index >= 15 is 0 Å². The van der Waals surface area contributed by atoms with Crippen molar-refractivity contribution in [1.82, 2.24) is 4.57 Å². The summed E-state index contributed by atoms with van der Waals surface area (Å²) in [5.74, 6) is -0.226. The molecule has 24 heavy (non-hydrogen) atoms. The molecule has 122 valence electrons. The molecule has 0 saturated carbocycles. The molecule has 2 heterocycles. The lowest BCUT2D eigenvalue weighted by atomic mass is 10.2. The first kappa shape index (κ1) is 15.0. The van der Waals surface area contributed by atoms with Crippen molar-refractivity contribution >= 4 is 5.69 Å². The maximum atomic E-state index is 13.1. The van der Waals surface area contributed by atoms with Gasteiger partial charge in [0.05, 0.1) is 6.61 Å². The minimum absolute atomic E-state index is 0.0885. The second-order valence-electron chi connectivity index (χ2n) is 6.08. The average Bonchev–Trinajstić information content (AvgIpc) is 3.25. The quantitative estimate of drug-likeness (QED) is 0.708. The Morgan fingerprint density at radius 1 is 0.958 bits per heavy atom. The number of hydrogen-bond donors (Lipinski definition) is 0. The second kappa shape index (κ2) is 6.13. The van der Waals surface area contributed by atoms with Crippen molar-refractivity contribution < 1.29 is 9.13 Å². The third-order valence-electron chi connectivity index (χ3n) is 4.38. The predicted octanol–water partition coefficient (Wildman–Crippen LogP) is 4.46. The summed E-state index contributed by atoms with van der Waals surface area (Å²) in [6, 6.07) is 17.0. The first-order valence-corrected chi connectivity index (χ1v) is 8.09. The van der Waals surface area contributed by atoms with Crippen molar-refractivity contribution in [2.45, 2.75) is 13.2 Å². The van der Waals surface area contributed by atoms with Crippen LogP contribution in [0.15, 0.2) is 67.0 Å². The smallest absolute Gasteiger partial charge is 0.158 e. The molecule has 0 N–H and O–H groups in total. The molecule has 2 aromatic carbocycles. The molecule has 1 aromatic heterocycles. The standard InChI is InChI=1S/C20H19FN2O/c1-15-2-6-19(7-3-15)23-12-13-24-20(23)16-10-11-22(14-16)18-8-4-17(21)5-9-18/h2-11,14,20H,12-13H2,1H3/t20-/m1/s1. The third-order valence-corrected chi connectivity index (χ3v) is 4.38. The Kier molecular flexibility index (Phi) is 3.82. The van der Waals surface area contributed by atoms with Gasteiger partial charge in [-0.1, -0.05) is 17.7 Å². The zero-order valence-electron chi connectivity index (χ0n) is 13.5. The van der Waals surface area contributed by atoms with Gasteiger partial charge >= 0.3 is 0 Å². The summed E-state index contributed by atoms with van der Waals surface area (Å²) >= 11 is 0. The molecule has 3 nitrogen and oxygen atoms in total. The monoisotopic (exact) mass is 322 g/mol. The summed E-state index contributed by atoms with van der Waals surface area (Å²) in [6.07, 6.45) is 3.94. The Morgan fingerprint density at radius 2 is 1.67 bits per heavy atom. The molecule has 1 aliphatic rings. The van der Waals surface area contributed by atoms with E-state index < -0.39 is 0 Å². The molecule has 0 spiro atoms. The number of nitrogens with zero attached hydrogens (tertiary/aromatic N) is 2. The van der Waals surface area contributed by atoms with Gasteiger partial charge in [0, 0.05) is 35.9 Å². The number of aromatic nitrogens is 1. The van der Waals surface area contributed by atoms with Gasteiger partial charge < -0.3 is 14.2 Å². The van der Waals surface area contributed by atoms with Gasteiger partial charge in [0.1, 0.15) is 5.82 Å². The summed E-state index contributed by atoms with van der Waals surface area (Å²) in [7, 11) is 0. The Morgan fingerprint density at radius 3 is 2.42 bits per heavy atom. The molecular weight excluding hydrogens is 303 g/mol. The fourth-order valence-corrected chi connectivity index (χ4v) is 3.08. The molecule has 4 rings (SSSR count). The van der Waals surface area contributed by atoms with Crippen LogP contribution in [0.5, 0.6) is 0 Å². The SMILES string of the molecule is Cc1ccc(N2CCO[C@@H]2c2ccn(-c3ccc(F)cc3)c2)cc1. The number of aryl methyl sites for hydroxylation is 1. The van der Waals surface area contributed by atoms with Gasteiger partial charge in [0.15, 0.2) is 6.23 Å². The highest BCUT2D eigenvalue weighted by Gasteiger charge is 2.27. The summed E-state index contributed by atoms with van der Waals surface area (Å²) < 4.78 is 21.0. The predicted molar refractivity (Wildman–Crippen MR) is 92.9 cm³/mol. The summed E-state index contributed by atoms with van der Waals surface area (Å²) in [6.45, 7) is 3.67. The summed E-state index contributed by atoms with van der Waals surface area (Å²) in [5.41, 5.74) is 4.44. The van der Waals surface area contributed by atoms with Crippen molar-refractivity contribution in [1.29, 1.82) is 0 Å². The molecule has 0 unspecified atom stereocenters. The molecular formula is C20H19FN2O. The minimum atomic E-state index is -0.226. The zero-order chi connectivity index (χ0) is 16.5. The van der Waals surface area contributed by atoms with Crippen molar-refractivity contribution in [3.05, 3.63) is 83.9 Å². The molecule has 4 heteroatoms. The van der Waals surface area contributed by atoms with Gasteiger partial charge in [-0.3, -0.25) is 0 Å². The van der Waals surface area contributed by atoms with E-state index in [0.717, 1.165) is 23.5 Å². The molecule has 0 bridgehead atoms. The summed E-state index contributed by atoms with van der Waals surface area (Å²) in [5, 5.41) is 0. The van der Waals surface area contributed by atoms with Crippen LogP contribution in [0.1, 0.15) is 17.4 Å². The van der Waals surface area contributed by atoms with Gasteiger partial charge in [-0.25, -0.2) is 4.39 Å². The van der Waals surface area contributed by atoms with E-state index in [0.29, 0.717) is 6.61 Å². The van der Waals surface area contributed by atoms with Crippen LogP contribution in [-0.4, -0.2) is 17.7 Å².